The van der Waals surface area contributed by atoms with Crippen molar-refractivity contribution in [2.24, 2.45) is 0 Å². The van der Waals surface area contributed by atoms with Crippen molar-refractivity contribution in [1.29, 1.82) is 0 Å². The zero-order valence-corrected chi connectivity index (χ0v) is 9.40. The van der Waals surface area contributed by atoms with Crippen molar-refractivity contribution in [3.8, 4) is 5.75 Å². The number of nitrogens with zero attached hydrogens (tertiary/aromatic N) is 1. The van der Waals surface area contributed by atoms with Gasteiger partial charge >= 0.3 is 0 Å². The molecule has 2 aromatic rings. The number of rotatable bonds is 1. The number of hydrogen-bond donors (Lipinski definition) is 1. The number of para-hydroxylation sites is 1. The van der Waals surface area contributed by atoms with E-state index in [1.807, 2.05) is 24.4 Å². The molecule has 0 fully saturated rings. The summed E-state index contributed by atoms with van der Waals surface area (Å²) < 4.78 is 5.97. The standard InChI is InChI=1S/C13H14N2O/c1-13(2)11(12-14-7-8-15-12)9-5-3-4-6-10(9)16-13/h3-8,11H,1-2H3,(H,14,15). The van der Waals surface area contributed by atoms with E-state index < -0.39 is 0 Å². The predicted octanol–water partition coefficient (Wildman–Crippen LogP) is 2.71. The summed E-state index contributed by atoms with van der Waals surface area (Å²) in [6.45, 7) is 4.19. The Bertz CT molecular complexity index is 502. The molecule has 1 aromatic carbocycles. The highest BCUT2D eigenvalue weighted by Crippen LogP contribution is 2.46. The van der Waals surface area contributed by atoms with Crippen LogP contribution in [0.2, 0.25) is 0 Å². The van der Waals surface area contributed by atoms with E-state index in [0.717, 1.165) is 11.6 Å². The molecule has 0 radical (unpaired) electrons. The van der Waals surface area contributed by atoms with E-state index in [4.69, 9.17) is 4.74 Å². The van der Waals surface area contributed by atoms with E-state index >= 15 is 0 Å². The highest BCUT2D eigenvalue weighted by atomic mass is 16.5. The molecule has 1 aliphatic rings. The second-order valence-electron chi connectivity index (χ2n) is 4.65. The number of ether oxygens (including phenoxy) is 1. The summed E-state index contributed by atoms with van der Waals surface area (Å²) in [4.78, 5) is 7.54. The molecule has 1 N–H and O–H groups in total. The third kappa shape index (κ3) is 1.24. The van der Waals surface area contributed by atoms with Crippen molar-refractivity contribution >= 4 is 0 Å². The zero-order chi connectivity index (χ0) is 11.2. The normalized spacial score (nSPS) is 21.5. The molecule has 3 nitrogen and oxygen atoms in total. The average Bonchev–Trinajstić information content (AvgIpc) is 2.80. The summed E-state index contributed by atoms with van der Waals surface area (Å²) in [5.74, 6) is 2.11. The van der Waals surface area contributed by atoms with Crippen LogP contribution >= 0.6 is 0 Å². The molecule has 0 saturated heterocycles. The Morgan fingerprint density at radius 1 is 1.31 bits per heavy atom. The van der Waals surface area contributed by atoms with Crippen LogP contribution < -0.4 is 4.74 Å². The van der Waals surface area contributed by atoms with Crippen LogP contribution in [0.25, 0.3) is 0 Å². The Balaban J connectivity index is 2.16. The van der Waals surface area contributed by atoms with Crippen molar-refractivity contribution in [2.45, 2.75) is 25.4 Å². The van der Waals surface area contributed by atoms with E-state index in [-0.39, 0.29) is 11.5 Å². The van der Waals surface area contributed by atoms with Gasteiger partial charge in [0.2, 0.25) is 0 Å². The van der Waals surface area contributed by atoms with Crippen molar-refractivity contribution in [2.75, 3.05) is 0 Å². The van der Waals surface area contributed by atoms with Crippen LogP contribution in [0.5, 0.6) is 5.75 Å². The molecule has 3 heteroatoms. The number of aromatic nitrogens is 2. The minimum atomic E-state index is -0.248. The SMILES string of the molecule is CC1(C)Oc2ccccc2C1c1ncc[nH]1. The lowest BCUT2D eigenvalue weighted by atomic mass is 9.86. The highest BCUT2D eigenvalue weighted by Gasteiger charge is 2.43. The lowest BCUT2D eigenvalue weighted by Gasteiger charge is -2.24. The van der Waals surface area contributed by atoms with Gasteiger partial charge in [-0.1, -0.05) is 18.2 Å². The Kier molecular flexibility index (Phi) is 1.84. The first-order valence-electron chi connectivity index (χ1n) is 5.46. The Morgan fingerprint density at radius 2 is 2.12 bits per heavy atom. The fourth-order valence-electron chi connectivity index (χ4n) is 2.44. The molecule has 0 amide bonds. The predicted molar refractivity (Wildman–Crippen MR) is 61.6 cm³/mol. The quantitative estimate of drug-likeness (QED) is 0.792. The molecule has 1 unspecified atom stereocenters. The molecule has 1 aromatic heterocycles. The number of fused-ring (bicyclic) bond motifs is 1. The monoisotopic (exact) mass is 214 g/mol. The van der Waals surface area contributed by atoms with Crippen LogP contribution in [0.3, 0.4) is 0 Å². The number of nitrogens with one attached hydrogen (secondary N) is 1. The fourth-order valence-corrected chi connectivity index (χ4v) is 2.44. The first kappa shape index (κ1) is 9.46. The zero-order valence-electron chi connectivity index (χ0n) is 9.40. The molecule has 2 heterocycles. The maximum Gasteiger partial charge on any atom is 0.124 e. The van der Waals surface area contributed by atoms with Gasteiger partial charge in [0.25, 0.3) is 0 Å². The minimum Gasteiger partial charge on any atom is -0.486 e. The molecule has 0 aliphatic carbocycles. The lowest BCUT2D eigenvalue weighted by molar-refractivity contribution is 0.120. The van der Waals surface area contributed by atoms with Crippen molar-refractivity contribution in [3.63, 3.8) is 0 Å². The first-order valence-corrected chi connectivity index (χ1v) is 5.46. The first-order chi connectivity index (χ1) is 7.68. The van der Waals surface area contributed by atoms with Gasteiger partial charge in [-0.25, -0.2) is 4.98 Å². The van der Waals surface area contributed by atoms with Crippen LogP contribution in [-0.2, 0) is 0 Å². The Labute approximate surface area is 94.5 Å². The fraction of sp³-hybridized carbons (Fsp3) is 0.308. The van der Waals surface area contributed by atoms with Crippen molar-refractivity contribution in [1.82, 2.24) is 9.97 Å². The lowest BCUT2D eigenvalue weighted by Crippen LogP contribution is -2.31. The largest absolute Gasteiger partial charge is 0.486 e. The van der Waals surface area contributed by atoms with Crippen LogP contribution in [0, 0.1) is 0 Å². The van der Waals surface area contributed by atoms with E-state index in [2.05, 4.69) is 29.9 Å². The molecular weight excluding hydrogens is 200 g/mol. The minimum absolute atomic E-state index is 0.179. The summed E-state index contributed by atoms with van der Waals surface area (Å²) >= 11 is 0. The molecule has 1 aliphatic heterocycles. The summed E-state index contributed by atoms with van der Waals surface area (Å²) in [7, 11) is 0. The molecule has 0 spiro atoms. The molecule has 3 rings (SSSR count). The highest BCUT2D eigenvalue weighted by molar-refractivity contribution is 5.45. The second-order valence-corrected chi connectivity index (χ2v) is 4.65. The third-order valence-corrected chi connectivity index (χ3v) is 3.09. The number of imidazole rings is 1. The summed E-state index contributed by atoms with van der Waals surface area (Å²) in [5.41, 5.74) is 0.962. The van der Waals surface area contributed by atoms with Crippen molar-refractivity contribution < 1.29 is 4.74 Å². The summed E-state index contributed by atoms with van der Waals surface area (Å²) in [5, 5.41) is 0. The Hall–Kier alpha value is -1.77. The summed E-state index contributed by atoms with van der Waals surface area (Å²) in [6.07, 6.45) is 3.64. The van der Waals surface area contributed by atoms with Crippen molar-refractivity contribution in [3.05, 3.63) is 48.0 Å². The molecule has 82 valence electrons. The van der Waals surface area contributed by atoms with Gasteiger partial charge in [-0.3, -0.25) is 0 Å². The molecule has 16 heavy (non-hydrogen) atoms. The van der Waals surface area contributed by atoms with Gasteiger partial charge < -0.3 is 9.72 Å². The van der Waals surface area contributed by atoms with Gasteiger partial charge in [0.1, 0.15) is 17.2 Å². The van der Waals surface area contributed by atoms with Crippen LogP contribution in [0.15, 0.2) is 36.7 Å². The summed E-state index contributed by atoms with van der Waals surface area (Å²) in [6, 6.07) is 8.16. The van der Waals surface area contributed by atoms with E-state index in [0.29, 0.717) is 0 Å². The van der Waals surface area contributed by atoms with Crippen LogP contribution in [0.4, 0.5) is 0 Å². The number of H-pyrrole nitrogens is 1. The number of aromatic amines is 1. The van der Waals surface area contributed by atoms with Crippen LogP contribution in [-0.4, -0.2) is 15.6 Å². The molecule has 0 saturated carbocycles. The van der Waals surface area contributed by atoms with E-state index in [9.17, 15) is 0 Å². The van der Waals surface area contributed by atoms with Gasteiger partial charge in [-0.15, -0.1) is 0 Å². The van der Waals surface area contributed by atoms with E-state index in [1.54, 1.807) is 6.20 Å². The average molecular weight is 214 g/mol. The van der Waals surface area contributed by atoms with Gasteiger partial charge in [0.15, 0.2) is 0 Å². The van der Waals surface area contributed by atoms with Gasteiger partial charge in [0.05, 0.1) is 5.92 Å². The molecule has 0 bridgehead atoms. The third-order valence-electron chi connectivity index (χ3n) is 3.09. The second kappa shape index (κ2) is 3.11. The van der Waals surface area contributed by atoms with Gasteiger partial charge in [0, 0.05) is 18.0 Å². The van der Waals surface area contributed by atoms with Crippen LogP contribution in [0.1, 0.15) is 31.2 Å². The number of hydrogen-bond acceptors (Lipinski definition) is 2. The maximum atomic E-state index is 5.97. The molecule has 1 atom stereocenters. The smallest absolute Gasteiger partial charge is 0.124 e. The number of benzene rings is 1. The Morgan fingerprint density at radius 3 is 2.88 bits per heavy atom. The van der Waals surface area contributed by atoms with Gasteiger partial charge in [-0.05, 0) is 19.9 Å². The topological polar surface area (TPSA) is 37.9 Å². The van der Waals surface area contributed by atoms with E-state index in [1.165, 1.54) is 5.56 Å². The maximum absolute atomic E-state index is 5.97. The van der Waals surface area contributed by atoms with Gasteiger partial charge in [-0.2, -0.15) is 0 Å². The molecular formula is C13H14N2O.